The van der Waals surface area contributed by atoms with Crippen LogP contribution in [-0.2, 0) is 34.1 Å². The molecule has 18 heavy (non-hydrogen) atoms. The lowest BCUT2D eigenvalue weighted by molar-refractivity contribution is -0.125. The van der Waals surface area contributed by atoms with E-state index in [0.717, 1.165) is 35.6 Å². The van der Waals surface area contributed by atoms with Gasteiger partial charge in [-0.3, -0.25) is 4.79 Å². The number of amides is 1. The predicted molar refractivity (Wildman–Crippen MR) is 66.7 cm³/mol. The molecule has 0 spiro atoms. The van der Waals surface area contributed by atoms with E-state index in [1.54, 1.807) is 6.07 Å². The number of rotatable bonds is 0. The SMILES string of the molecule is CN1C(=O)Cc2cc3c(cc2S1(=O)=O)CCCC3. The Morgan fingerprint density at radius 1 is 1.06 bits per heavy atom. The average Bonchev–Trinajstić information content (AvgIpc) is 2.35. The molecule has 1 amide bonds. The number of aryl methyl sites for hydroxylation is 2. The average molecular weight is 265 g/mol. The fraction of sp³-hybridized carbons (Fsp3) is 0.462. The minimum Gasteiger partial charge on any atom is -0.273 e. The molecule has 0 saturated heterocycles. The van der Waals surface area contributed by atoms with Crippen molar-refractivity contribution in [1.82, 2.24) is 4.31 Å². The molecule has 0 bridgehead atoms. The number of benzene rings is 1. The molecule has 1 heterocycles. The van der Waals surface area contributed by atoms with E-state index < -0.39 is 10.0 Å². The fourth-order valence-corrected chi connectivity index (χ4v) is 4.13. The Morgan fingerprint density at radius 3 is 2.33 bits per heavy atom. The number of carbonyl (C=O) groups is 1. The molecule has 0 unspecified atom stereocenters. The smallest absolute Gasteiger partial charge is 0.266 e. The van der Waals surface area contributed by atoms with Crippen LogP contribution in [0.1, 0.15) is 29.5 Å². The van der Waals surface area contributed by atoms with Crippen molar-refractivity contribution in [1.29, 1.82) is 0 Å². The van der Waals surface area contributed by atoms with Crippen molar-refractivity contribution >= 4 is 15.9 Å². The second-order valence-electron chi connectivity index (χ2n) is 4.98. The van der Waals surface area contributed by atoms with Crippen LogP contribution in [0.5, 0.6) is 0 Å². The van der Waals surface area contributed by atoms with Crippen molar-refractivity contribution in [2.24, 2.45) is 0 Å². The van der Waals surface area contributed by atoms with Crippen molar-refractivity contribution in [3.8, 4) is 0 Å². The third-order valence-electron chi connectivity index (χ3n) is 3.86. The maximum atomic E-state index is 12.2. The summed E-state index contributed by atoms with van der Waals surface area (Å²) in [5.74, 6) is -0.349. The van der Waals surface area contributed by atoms with Gasteiger partial charge in [-0.25, -0.2) is 12.7 Å². The van der Waals surface area contributed by atoms with Crippen LogP contribution in [0.2, 0.25) is 0 Å². The molecular weight excluding hydrogens is 250 g/mol. The summed E-state index contributed by atoms with van der Waals surface area (Å²) in [7, 11) is -2.29. The molecule has 0 fully saturated rings. The molecule has 1 aromatic carbocycles. The first-order valence-electron chi connectivity index (χ1n) is 6.16. The summed E-state index contributed by atoms with van der Waals surface area (Å²) in [5.41, 5.74) is 3.01. The molecule has 3 rings (SSSR count). The molecule has 96 valence electrons. The predicted octanol–water partition coefficient (Wildman–Crippen LogP) is 1.27. The Labute approximate surface area is 107 Å². The van der Waals surface area contributed by atoms with Gasteiger partial charge in [0.05, 0.1) is 11.3 Å². The normalized spacial score (nSPS) is 21.4. The Kier molecular flexibility index (Phi) is 2.48. The van der Waals surface area contributed by atoms with E-state index in [2.05, 4.69) is 0 Å². The van der Waals surface area contributed by atoms with Crippen LogP contribution in [0.4, 0.5) is 0 Å². The van der Waals surface area contributed by atoms with Crippen LogP contribution in [0.15, 0.2) is 17.0 Å². The van der Waals surface area contributed by atoms with Gasteiger partial charge >= 0.3 is 0 Å². The Hall–Kier alpha value is -1.36. The van der Waals surface area contributed by atoms with Crippen molar-refractivity contribution in [3.63, 3.8) is 0 Å². The minimum absolute atomic E-state index is 0.193. The van der Waals surface area contributed by atoms with E-state index in [-0.39, 0.29) is 12.3 Å². The Balaban J connectivity index is 2.23. The summed E-state index contributed by atoms with van der Waals surface area (Å²) in [5, 5.41) is 0. The first kappa shape index (κ1) is 11.7. The van der Waals surface area contributed by atoms with Gasteiger partial charge in [0.25, 0.3) is 10.0 Å². The zero-order chi connectivity index (χ0) is 12.9. The number of hydrogen-bond acceptors (Lipinski definition) is 3. The molecule has 1 aliphatic carbocycles. The molecule has 4 nitrogen and oxygen atoms in total. The third-order valence-corrected chi connectivity index (χ3v) is 5.72. The lowest BCUT2D eigenvalue weighted by Crippen LogP contribution is -2.39. The van der Waals surface area contributed by atoms with E-state index in [0.29, 0.717) is 10.5 Å². The van der Waals surface area contributed by atoms with E-state index in [9.17, 15) is 13.2 Å². The van der Waals surface area contributed by atoms with E-state index in [1.807, 2.05) is 6.07 Å². The van der Waals surface area contributed by atoms with Crippen LogP contribution >= 0.6 is 0 Å². The van der Waals surface area contributed by atoms with Gasteiger partial charge in [0.15, 0.2) is 0 Å². The van der Waals surface area contributed by atoms with Crippen molar-refractivity contribution in [3.05, 3.63) is 28.8 Å². The lowest BCUT2D eigenvalue weighted by atomic mass is 9.90. The monoisotopic (exact) mass is 265 g/mol. The maximum absolute atomic E-state index is 12.2. The van der Waals surface area contributed by atoms with Gasteiger partial charge < -0.3 is 0 Å². The lowest BCUT2D eigenvalue weighted by Gasteiger charge is -2.27. The molecule has 2 aliphatic rings. The summed E-state index contributed by atoms with van der Waals surface area (Å²) in [6, 6.07) is 3.70. The van der Waals surface area contributed by atoms with Crippen LogP contribution in [-0.4, -0.2) is 25.7 Å². The van der Waals surface area contributed by atoms with E-state index in [1.165, 1.54) is 12.6 Å². The highest BCUT2D eigenvalue weighted by Gasteiger charge is 2.34. The van der Waals surface area contributed by atoms with Crippen molar-refractivity contribution in [2.45, 2.75) is 37.0 Å². The van der Waals surface area contributed by atoms with Crippen LogP contribution in [0, 0.1) is 0 Å². The Morgan fingerprint density at radius 2 is 1.67 bits per heavy atom. The topological polar surface area (TPSA) is 54.5 Å². The van der Waals surface area contributed by atoms with Gasteiger partial charge in [0, 0.05) is 7.05 Å². The summed E-state index contributed by atoms with van der Waals surface area (Å²) in [6.07, 6.45) is 4.38. The first-order chi connectivity index (χ1) is 8.50. The van der Waals surface area contributed by atoms with Gasteiger partial charge in [-0.05, 0) is 48.4 Å². The molecule has 1 aromatic rings. The fourth-order valence-electron chi connectivity index (χ4n) is 2.75. The van der Waals surface area contributed by atoms with Gasteiger partial charge in [0.2, 0.25) is 5.91 Å². The molecule has 0 N–H and O–H groups in total. The number of nitrogens with zero attached hydrogens (tertiary/aromatic N) is 1. The third kappa shape index (κ3) is 1.57. The van der Waals surface area contributed by atoms with Gasteiger partial charge in [-0.15, -0.1) is 0 Å². The molecule has 5 heteroatoms. The van der Waals surface area contributed by atoms with E-state index in [4.69, 9.17) is 0 Å². The molecule has 0 saturated carbocycles. The van der Waals surface area contributed by atoms with Gasteiger partial charge in [-0.2, -0.15) is 0 Å². The van der Waals surface area contributed by atoms with Crippen molar-refractivity contribution in [2.75, 3.05) is 7.05 Å². The first-order valence-corrected chi connectivity index (χ1v) is 7.60. The highest BCUT2D eigenvalue weighted by Crippen LogP contribution is 2.32. The zero-order valence-corrected chi connectivity index (χ0v) is 11.1. The van der Waals surface area contributed by atoms with Gasteiger partial charge in [0.1, 0.15) is 0 Å². The molecule has 0 atom stereocenters. The maximum Gasteiger partial charge on any atom is 0.266 e. The van der Waals surface area contributed by atoms with Gasteiger partial charge in [-0.1, -0.05) is 6.07 Å². The highest BCUT2D eigenvalue weighted by atomic mass is 32.2. The minimum atomic E-state index is -3.62. The summed E-state index contributed by atoms with van der Waals surface area (Å²) < 4.78 is 25.3. The highest BCUT2D eigenvalue weighted by molar-refractivity contribution is 7.89. The van der Waals surface area contributed by atoms with Crippen molar-refractivity contribution < 1.29 is 13.2 Å². The molecule has 0 radical (unpaired) electrons. The zero-order valence-electron chi connectivity index (χ0n) is 10.3. The standard InChI is InChI=1S/C13H15NO3S/c1-14-13(15)8-11-6-9-4-2-3-5-10(9)7-12(11)18(14,16)17/h6-7H,2-5,8H2,1H3. The molecular formula is C13H15NO3S. The quantitative estimate of drug-likeness (QED) is 0.710. The number of carbonyl (C=O) groups excluding carboxylic acids is 1. The largest absolute Gasteiger partial charge is 0.273 e. The summed E-state index contributed by atoms with van der Waals surface area (Å²) >= 11 is 0. The summed E-state index contributed by atoms with van der Waals surface area (Å²) in [6.45, 7) is 0. The second-order valence-corrected chi connectivity index (χ2v) is 6.92. The number of likely N-dealkylation sites (N-methyl/N-ethyl adjacent to an activating group) is 1. The molecule has 0 aromatic heterocycles. The van der Waals surface area contributed by atoms with Crippen LogP contribution < -0.4 is 0 Å². The molecule has 1 aliphatic heterocycles. The van der Waals surface area contributed by atoms with E-state index >= 15 is 0 Å². The Bertz CT molecular complexity index is 634. The van der Waals surface area contributed by atoms with Crippen LogP contribution in [0.3, 0.4) is 0 Å². The second kappa shape index (κ2) is 3.82. The number of fused-ring (bicyclic) bond motifs is 2. The summed E-state index contributed by atoms with van der Waals surface area (Å²) in [4.78, 5) is 12.0. The van der Waals surface area contributed by atoms with Crippen LogP contribution in [0.25, 0.3) is 0 Å². The number of sulfonamides is 1. The number of hydrogen-bond donors (Lipinski definition) is 0.